The van der Waals surface area contributed by atoms with Crippen LogP contribution in [0.2, 0.25) is 0 Å². The maximum absolute atomic E-state index is 13.3. The minimum atomic E-state index is -0.933. The average Bonchev–Trinajstić information content (AvgIpc) is 2.99. The van der Waals surface area contributed by atoms with Crippen LogP contribution in [0, 0.1) is 33.0 Å². The minimum absolute atomic E-state index is 0.0419. The van der Waals surface area contributed by atoms with Crippen molar-refractivity contribution < 1.29 is 19.0 Å². The molecule has 1 aromatic heterocycles. The minimum Gasteiger partial charge on any atom is -0.358 e. The zero-order valence-electron chi connectivity index (χ0n) is 15.7. The summed E-state index contributed by atoms with van der Waals surface area (Å²) in [5.41, 5.74) is 0.0964. The summed E-state index contributed by atoms with van der Waals surface area (Å²) in [5.74, 6) is -1.50. The SMILES string of the molecule is Cc1c([N+](=O)[O-])c([N+](=O)[O-])nn1CC(=O)N1CCN(Cc2cccc(F)c2)CC1. The van der Waals surface area contributed by atoms with Crippen LogP contribution >= 0.6 is 0 Å². The van der Waals surface area contributed by atoms with Gasteiger partial charge in [0.15, 0.2) is 0 Å². The Morgan fingerprint density at radius 2 is 1.86 bits per heavy atom. The molecule has 0 spiro atoms. The predicted molar refractivity (Wildman–Crippen MR) is 98.5 cm³/mol. The molecule has 0 atom stereocenters. The van der Waals surface area contributed by atoms with Crippen molar-refractivity contribution in [2.24, 2.45) is 0 Å². The molecule has 1 aromatic carbocycles. The van der Waals surface area contributed by atoms with E-state index in [-0.39, 0.29) is 24.0 Å². The lowest BCUT2D eigenvalue weighted by atomic mass is 10.2. The molecule has 2 heterocycles. The maximum Gasteiger partial charge on any atom is 0.468 e. The van der Waals surface area contributed by atoms with Gasteiger partial charge in [0.05, 0.1) is 10.0 Å². The normalized spacial score (nSPS) is 14.8. The highest BCUT2D eigenvalue weighted by molar-refractivity contribution is 5.76. The fraction of sp³-hybridized carbons (Fsp3) is 0.412. The zero-order chi connectivity index (χ0) is 21.1. The Bertz CT molecular complexity index is 954. The monoisotopic (exact) mass is 406 g/mol. The molecule has 29 heavy (non-hydrogen) atoms. The maximum atomic E-state index is 13.3. The third-order valence-electron chi connectivity index (χ3n) is 4.82. The Balaban J connectivity index is 1.61. The summed E-state index contributed by atoms with van der Waals surface area (Å²) in [6, 6.07) is 6.33. The van der Waals surface area contributed by atoms with Gasteiger partial charge in [0.1, 0.15) is 18.1 Å². The predicted octanol–water partition coefficient (Wildman–Crippen LogP) is 1.49. The molecule has 154 valence electrons. The summed E-state index contributed by atoms with van der Waals surface area (Å²) >= 11 is 0. The lowest BCUT2D eigenvalue weighted by Crippen LogP contribution is -2.49. The molecule has 0 saturated carbocycles. The topological polar surface area (TPSA) is 128 Å². The lowest BCUT2D eigenvalue weighted by molar-refractivity contribution is -0.424. The van der Waals surface area contributed by atoms with Gasteiger partial charge in [0.25, 0.3) is 0 Å². The summed E-state index contributed by atoms with van der Waals surface area (Å²) in [6.07, 6.45) is 0. The van der Waals surface area contributed by atoms with Crippen LogP contribution < -0.4 is 0 Å². The zero-order valence-corrected chi connectivity index (χ0v) is 15.7. The molecule has 1 fully saturated rings. The Kier molecular flexibility index (Phi) is 5.82. The summed E-state index contributed by atoms with van der Waals surface area (Å²) in [6.45, 7) is 3.60. The molecule has 3 rings (SSSR count). The third-order valence-corrected chi connectivity index (χ3v) is 4.82. The molecule has 0 radical (unpaired) electrons. The van der Waals surface area contributed by atoms with Gasteiger partial charge >= 0.3 is 11.5 Å². The van der Waals surface area contributed by atoms with Gasteiger partial charge in [-0.2, -0.15) is 4.68 Å². The van der Waals surface area contributed by atoms with Crippen LogP contribution in [0.5, 0.6) is 0 Å². The molecule has 1 aliphatic rings. The van der Waals surface area contributed by atoms with Crippen LogP contribution in [0.3, 0.4) is 0 Å². The van der Waals surface area contributed by atoms with Crippen molar-refractivity contribution in [2.45, 2.75) is 20.0 Å². The van der Waals surface area contributed by atoms with Crippen LogP contribution in [-0.4, -0.2) is 61.5 Å². The van der Waals surface area contributed by atoms with Gasteiger partial charge in [0.2, 0.25) is 5.91 Å². The molecular weight excluding hydrogens is 387 g/mol. The number of rotatable bonds is 6. The number of hydrogen-bond acceptors (Lipinski definition) is 7. The van der Waals surface area contributed by atoms with E-state index in [9.17, 15) is 29.4 Å². The van der Waals surface area contributed by atoms with E-state index in [0.717, 1.165) is 10.2 Å². The van der Waals surface area contributed by atoms with Gasteiger partial charge in [-0.05, 0) is 29.5 Å². The van der Waals surface area contributed by atoms with Crippen LogP contribution in [0.4, 0.5) is 15.9 Å². The van der Waals surface area contributed by atoms with E-state index in [0.29, 0.717) is 32.7 Å². The second kappa shape index (κ2) is 8.31. The van der Waals surface area contributed by atoms with Gasteiger partial charge in [-0.1, -0.05) is 12.1 Å². The highest BCUT2D eigenvalue weighted by Crippen LogP contribution is 2.29. The molecule has 1 saturated heterocycles. The van der Waals surface area contributed by atoms with E-state index >= 15 is 0 Å². The fourth-order valence-corrected chi connectivity index (χ4v) is 3.29. The average molecular weight is 406 g/mol. The largest absolute Gasteiger partial charge is 0.468 e. The van der Waals surface area contributed by atoms with E-state index in [4.69, 9.17) is 0 Å². The van der Waals surface area contributed by atoms with Gasteiger partial charge < -0.3 is 15.0 Å². The number of carbonyl (C=O) groups is 1. The van der Waals surface area contributed by atoms with Crippen LogP contribution in [0.15, 0.2) is 24.3 Å². The van der Waals surface area contributed by atoms with E-state index in [1.807, 2.05) is 6.07 Å². The van der Waals surface area contributed by atoms with Crippen molar-refractivity contribution in [3.05, 3.63) is 61.6 Å². The molecule has 11 nitrogen and oxygen atoms in total. The molecule has 0 aliphatic carbocycles. The first-order valence-corrected chi connectivity index (χ1v) is 8.87. The smallest absolute Gasteiger partial charge is 0.358 e. The van der Waals surface area contributed by atoms with E-state index in [1.54, 1.807) is 11.0 Å². The number of nitrogens with zero attached hydrogens (tertiary/aromatic N) is 6. The Morgan fingerprint density at radius 3 is 2.41 bits per heavy atom. The van der Waals surface area contributed by atoms with Gasteiger partial charge in [-0.3, -0.25) is 19.8 Å². The first-order valence-electron chi connectivity index (χ1n) is 8.87. The van der Waals surface area contributed by atoms with Crippen molar-refractivity contribution in [3.63, 3.8) is 0 Å². The second-order valence-corrected chi connectivity index (χ2v) is 6.72. The molecular formula is C17H19FN6O5. The number of amides is 1. The quantitative estimate of drug-likeness (QED) is 0.525. The number of hydrogen-bond donors (Lipinski definition) is 0. The molecule has 0 N–H and O–H groups in total. The molecule has 1 amide bonds. The summed E-state index contributed by atoms with van der Waals surface area (Å²) < 4.78 is 14.3. The summed E-state index contributed by atoms with van der Waals surface area (Å²) in [7, 11) is 0. The Morgan fingerprint density at radius 1 is 1.17 bits per heavy atom. The molecule has 0 unspecified atom stereocenters. The van der Waals surface area contributed by atoms with E-state index < -0.39 is 21.4 Å². The van der Waals surface area contributed by atoms with E-state index in [2.05, 4.69) is 10.00 Å². The van der Waals surface area contributed by atoms with Gasteiger partial charge in [-0.15, -0.1) is 0 Å². The number of benzene rings is 1. The number of piperazine rings is 1. The molecule has 1 aliphatic heterocycles. The van der Waals surface area contributed by atoms with Gasteiger partial charge in [0, 0.05) is 32.7 Å². The van der Waals surface area contributed by atoms with Crippen LogP contribution in [-0.2, 0) is 17.9 Å². The first-order chi connectivity index (χ1) is 13.8. The van der Waals surface area contributed by atoms with Crippen molar-refractivity contribution in [3.8, 4) is 0 Å². The van der Waals surface area contributed by atoms with Crippen molar-refractivity contribution in [2.75, 3.05) is 26.2 Å². The molecule has 12 heteroatoms. The lowest BCUT2D eigenvalue weighted by Gasteiger charge is -2.34. The number of aromatic nitrogens is 2. The van der Waals surface area contributed by atoms with Crippen LogP contribution in [0.25, 0.3) is 0 Å². The summed E-state index contributed by atoms with van der Waals surface area (Å²) in [5, 5.41) is 25.7. The number of carbonyl (C=O) groups excluding carboxylic acids is 1. The molecule has 2 aromatic rings. The highest BCUT2D eigenvalue weighted by Gasteiger charge is 2.36. The van der Waals surface area contributed by atoms with Gasteiger partial charge in [-0.25, -0.2) is 4.39 Å². The Hall–Kier alpha value is -3.41. The summed E-state index contributed by atoms with van der Waals surface area (Å²) in [4.78, 5) is 36.5. The number of nitro groups is 2. The van der Waals surface area contributed by atoms with E-state index in [1.165, 1.54) is 19.1 Å². The van der Waals surface area contributed by atoms with Crippen molar-refractivity contribution in [1.82, 2.24) is 19.6 Å². The van der Waals surface area contributed by atoms with Crippen molar-refractivity contribution in [1.29, 1.82) is 0 Å². The fourth-order valence-electron chi connectivity index (χ4n) is 3.29. The number of halogens is 1. The van der Waals surface area contributed by atoms with Crippen molar-refractivity contribution >= 4 is 17.4 Å². The Labute approximate surface area is 164 Å². The first kappa shape index (κ1) is 20.3. The molecule has 0 bridgehead atoms. The standard InChI is InChI=1S/C17H19FN6O5/c1-12-16(23(26)27)17(24(28)29)19-22(12)11-15(25)21-7-5-20(6-8-21)10-13-3-2-4-14(18)9-13/h2-4,9H,5-8,10-11H2,1H3. The third kappa shape index (κ3) is 4.54. The van der Waals surface area contributed by atoms with Crippen LogP contribution in [0.1, 0.15) is 11.3 Å². The highest BCUT2D eigenvalue weighted by atomic mass is 19.1. The second-order valence-electron chi connectivity index (χ2n) is 6.72.